The minimum Gasteiger partial charge on any atom is -0.465 e. The third-order valence-corrected chi connectivity index (χ3v) is 7.11. The number of ketones is 1. The van der Waals surface area contributed by atoms with Crippen molar-refractivity contribution in [3.8, 4) is 0 Å². The summed E-state index contributed by atoms with van der Waals surface area (Å²) in [6.07, 6.45) is 6.10. The number of carbonyl (C=O) groups is 2. The number of Topliss-reactive ketones (excluding diaryl/α,β-unsaturated/α-hetero) is 1. The SMILES string of the molecule is COC(=O)c1c(CC(=O)CN2CCC3(CC2)OCCO3)sc2c1CCCC2. The minimum absolute atomic E-state index is 0.156. The van der Waals surface area contributed by atoms with E-state index < -0.39 is 5.79 Å². The molecule has 1 spiro atoms. The van der Waals surface area contributed by atoms with Crippen LogP contribution < -0.4 is 0 Å². The van der Waals surface area contributed by atoms with Crippen molar-refractivity contribution in [3.05, 3.63) is 20.9 Å². The van der Waals surface area contributed by atoms with Crippen molar-refractivity contribution in [2.45, 2.75) is 50.7 Å². The Morgan fingerprint density at radius 1 is 1.15 bits per heavy atom. The molecule has 0 atom stereocenters. The van der Waals surface area contributed by atoms with Crippen LogP contribution in [-0.4, -0.2) is 62.4 Å². The first-order valence-corrected chi connectivity index (χ1v) is 10.7. The number of piperidine rings is 1. The van der Waals surface area contributed by atoms with Gasteiger partial charge in [-0.1, -0.05) is 0 Å². The van der Waals surface area contributed by atoms with Crippen LogP contribution in [0.2, 0.25) is 0 Å². The normalized spacial score (nSPS) is 22.0. The van der Waals surface area contributed by atoms with Gasteiger partial charge in [0.15, 0.2) is 11.6 Å². The van der Waals surface area contributed by atoms with E-state index in [0.717, 1.165) is 62.1 Å². The van der Waals surface area contributed by atoms with E-state index in [1.165, 1.54) is 12.0 Å². The Kier molecular flexibility index (Phi) is 5.64. The number of esters is 1. The molecule has 0 N–H and O–H groups in total. The number of hydrogen-bond acceptors (Lipinski definition) is 7. The van der Waals surface area contributed by atoms with Gasteiger partial charge in [-0.2, -0.15) is 0 Å². The zero-order valence-electron chi connectivity index (χ0n) is 15.9. The molecule has 2 fully saturated rings. The number of aryl methyl sites for hydroxylation is 1. The molecule has 148 valence electrons. The van der Waals surface area contributed by atoms with Crippen molar-refractivity contribution >= 4 is 23.1 Å². The van der Waals surface area contributed by atoms with Gasteiger partial charge in [0, 0.05) is 42.1 Å². The van der Waals surface area contributed by atoms with Crippen LogP contribution in [-0.2, 0) is 38.3 Å². The Labute approximate surface area is 163 Å². The fourth-order valence-corrected chi connectivity index (χ4v) is 5.82. The molecule has 0 amide bonds. The number of methoxy groups -OCH3 is 1. The summed E-state index contributed by atoms with van der Waals surface area (Å²) >= 11 is 1.63. The smallest absolute Gasteiger partial charge is 0.339 e. The Morgan fingerprint density at radius 2 is 1.85 bits per heavy atom. The van der Waals surface area contributed by atoms with Crippen molar-refractivity contribution in [1.82, 2.24) is 4.90 Å². The predicted octanol–water partition coefficient (Wildman–Crippen LogP) is 2.36. The van der Waals surface area contributed by atoms with Crippen LogP contribution in [0.5, 0.6) is 0 Å². The van der Waals surface area contributed by atoms with E-state index in [-0.39, 0.29) is 11.8 Å². The molecule has 27 heavy (non-hydrogen) atoms. The summed E-state index contributed by atoms with van der Waals surface area (Å²) in [6.45, 7) is 3.35. The number of hydrogen-bond donors (Lipinski definition) is 0. The lowest BCUT2D eigenvalue weighted by Gasteiger charge is -2.37. The highest BCUT2D eigenvalue weighted by Gasteiger charge is 2.40. The average Bonchev–Trinajstić information content (AvgIpc) is 3.27. The molecular formula is C20H27NO5S. The van der Waals surface area contributed by atoms with Crippen LogP contribution in [0.3, 0.4) is 0 Å². The van der Waals surface area contributed by atoms with E-state index in [1.54, 1.807) is 11.3 Å². The predicted molar refractivity (Wildman–Crippen MR) is 101 cm³/mol. The van der Waals surface area contributed by atoms with E-state index in [4.69, 9.17) is 14.2 Å². The summed E-state index contributed by atoms with van der Waals surface area (Å²) in [5.41, 5.74) is 1.78. The van der Waals surface area contributed by atoms with Gasteiger partial charge in [-0.3, -0.25) is 9.69 Å². The molecule has 7 heteroatoms. The fourth-order valence-electron chi connectivity index (χ4n) is 4.41. The van der Waals surface area contributed by atoms with Crippen LogP contribution >= 0.6 is 11.3 Å². The second-order valence-corrected chi connectivity index (χ2v) is 8.79. The lowest BCUT2D eigenvalue weighted by Crippen LogP contribution is -2.46. The standard InChI is InChI=1S/C20H27NO5S/c1-24-19(23)18-15-4-2-3-5-16(15)27-17(18)12-14(22)13-21-8-6-20(7-9-21)25-10-11-26-20/h2-13H2,1H3. The molecule has 0 unspecified atom stereocenters. The molecule has 0 aromatic carbocycles. The number of rotatable bonds is 5. The summed E-state index contributed by atoms with van der Waals surface area (Å²) in [4.78, 5) is 29.4. The molecule has 0 saturated carbocycles. The first-order valence-electron chi connectivity index (χ1n) is 9.84. The number of nitrogens with zero attached hydrogens (tertiary/aromatic N) is 1. The molecule has 0 radical (unpaired) electrons. The maximum atomic E-state index is 12.7. The molecule has 6 nitrogen and oxygen atoms in total. The monoisotopic (exact) mass is 393 g/mol. The summed E-state index contributed by atoms with van der Waals surface area (Å²) < 4.78 is 16.5. The number of ether oxygens (including phenoxy) is 3. The highest BCUT2D eigenvalue weighted by atomic mass is 32.1. The summed E-state index contributed by atoms with van der Waals surface area (Å²) in [7, 11) is 1.41. The maximum absolute atomic E-state index is 12.7. The number of likely N-dealkylation sites (tertiary alicyclic amines) is 1. The molecule has 0 bridgehead atoms. The molecule has 1 aromatic heterocycles. The highest BCUT2D eigenvalue weighted by molar-refractivity contribution is 7.12. The maximum Gasteiger partial charge on any atom is 0.339 e. The Balaban J connectivity index is 1.40. The van der Waals surface area contributed by atoms with Crippen LogP contribution in [0, 0.1) is 0 Å². The molecule has 4 rings (SSSR count). The topological polar surface area (TPSA) is 65.1 Å². The Bertz CT molecular complexity index is 712. The van der Waals surface area contributed by atoms with Crippen LogP contribution in [0.1, 0.15) is 51.4 Å². The molecule has 2 aliphatic heterocycles. The number of thiophene rings is 1. The van der Waals surface area contributed by atoms with E-state index >= 15 is 0 Å². The van der Waals surface area contributed by atoms with E-state index in [2.05, 4.69) is 4.90 Å². The van der Waals surface area contributed by atoms with Gasteiger partial charge in [-0.05, 0) is 31.2 Å². The fraction of sp³-hybridized carbons (Fsp3) is 0.700. The highest BCUT2D eigenvalue weighted by Crippen LogP contribution is 2.36. The molecular weight excluding hydrogens is 366 g/mol. The van der Waals surface area contributed by atoms with Gasteiger partial charge in [0.25, 0.3) is 0 Å². The van der Waals surface area contributed by atoms with Crippen LogP contribution in [0.4, 0.5) is 0 Å². The summed E-state index contributed by atoms with van der Waals surface area (Å²) in [5.74, 6) is -0.555. The number of carbonyl (C=O) groups excluding carboxylic acids is 2. The molecule has 3 aliphatic rings. The molecule has 2 saturated heterocycles. The third-order valence-electron chi connectivity index (χ3n) is 5.82. The van der Waals surface area contributed by atoms with Crippen LogP contribution in [0.25, 0.3) is 0 Å². The second kappa shape index (κ2) is 7.99. The van der Waals surface area contributed by atoms with Crippen molar-refractivity contribution < 1.29 is 23.8 Å². The van der Waals surface area contributed by atoms with Crippen molar-refractivity contribution in [3.63, 3.8) is 0 Å². The Morgan fingerprint density at radius 3 is 2.56 bits per heavy atom. The molecule has 1 aliphatic carbocycles. The van der Waals surface area contributed by atoms with E-state index in [0.29, 0.717) is 31.7 Å². The largest absolute Gasteiger partial charge is 0.465 e. The van der Waals surface area contributed by atoms with Crippen molar-refractivity contribution in [2.75, 3.05) is 40.0 Å². The first-order chi connectivity index (χ1) is 13.1. The zero-order valence-corrected chi connectivity index (χ0v) is 16.7. The van der Waals surface area contributed by atoms with E-state index in [9.17, 15) is 9.59 Å². The van der Waals surface area contributed by atoms with Gasteiger partial charge in [0.1, 0.15) is 0 Å². The van der Waals surface area contributed by atoms with Crippen molar-refractivity contribution in [2.24, 2.45) is 0 Å². The van der Waals surface area contributed by atoms with Gasteiger partial charge in [0.05, 0.1) is 32.4 Å². The number of fused-ring (bicyclic) bond motifs is 1. The lowest BCUT2D eigenvalue weighted by atomic mass is 9.94. The second-order valence-electron chi connectivity index (χ2n) is 7.60. The summed E-state index contributed by atoms with van der Waals surface area (Å²) in [5, 5.41) is 0. The van der Waals surface area contributed by atoms with Crippen LogP contribution in [0.15, 0.2) is 0 Å². The Hall–Kier alpha value is -1.28. The van der Waals surface area contributed by atoms with E-state index in [1.807, 2.05) is 0 Å². The quantitative estimate of drug-likeness (QED) is 0.716. The minimum atomic E-state index is -0.412. The van der Waals surface area contributed by atoms with Gasteiger partial charge in [-0.25, -0.2) is 4.79 Å². The molecule has 3 heterocycles. The molecule has 1 aromatic rings. The van der Waals surface area contributed by atoms with Gasteiger partial charge >= 0.3 is 5.97 Å². The average molecular weight is 394 g/mol. The zero-order chi connectivity index (χ0) is 18.9. The lowest BCUT2D eigenvalue weighted by molar-refractivity contribution is -0.185. The summed E-state index contributed by atoms with van der Waals surface area (Å²) in [6, 6.07) is 0. The van der Waals surface area contributed by atoms with Crippen molar-refractivity contribution in [1.29, 1.82) is 0 Å². The van der Waals surface area contributed by atoms with Gasteiger partial charge in [-0.15, -0.1) is 11.3 Å². The van der Waals surface area contributed by atoms with Gasteiger partial charge in [0.2, 0.25) is 0 Å². The van der Waals surface area contributed by atoms with Gasteiger partial charge < -0.3 is 14.2 Å². The first kappa shape index (κ1) is 19.1. The third kappa shape index (κ3) is 3.97.